The number of rotatable bonds is 10. The number of carbonyl (C=O) groups is 3. The molecule has 13 rings (SSSR count). The predicted octanol–water partition coefficient (Wildman–Crippen LogP) is 23.4. The van der Waals surface area contributed by atoms with Gasteiger partial charge in [0.1, 0.15) is 5.82 Å². The minimum Gasteiger partial charge on any atom is -0.512 e. The number of carbonyl (C=O) groups excluding carboxylic acids is 3. The molecule has 7 aromatic carbocycles. The van der Waals surface area contributed by atoms with Gasteiger partial charge in [-0.3, -0.25) is 29.3 Å². The molecule has 0 bridgehead atoms. The average molecular weight is 1930 g/mol. The van der Waals surface area contributed by atoms with Crippen molar-refractivity contribution in [2.45, 2.75) is 90.0 Å². The molecule has 16 heteroatoms. The predicted molar refractivity (Wildman–Crippen MR) is 408 cm³/mol. The van der Waals surface area contributed by atoms with Crippen LogP contribution in [0.15, 0.2) is 230 Å². The molecular weight excluding hydrogens is 1850 g/mol. The van der Waals surface area contributed by atoms with Crippen molar-refractivity contribution in [3.05, 3.63) is 293 Å². The van der Waals surface area contributed by atoms with Gasteiger partial charge in [-0.25, -0.2) is 4.39 Å². The fourth-order valence-electron chi connectivity index (χ4n) is 10.7. The Morgan fingerprint density at radius 3 is 1.13 bits per heavy atom. The van der Waals surface area contributed by atoms with E-state index in [2.05, 4.69) is 224 Å². The summed E-state index contributed by atoms with van der Waals surface area (Å²) in [5.41, 5.74) is 23.4. The molecule has 0 atom stereocenters. The van der Waals surface area contributed by atoms with E-state index in [0.717, 1.165) is 82.2 Å². The molecule has 0 saturated carbocycles. The number of ketones is 3. The minimum atomic E-state index is -0.217. The smallest absolute Gasteiger partial charge is 0.155 e. The Labute approximate surface area is 644 Å². The Balaban J connectivity index is 0.000000236. The molecule has 523 valence electrons. The minimum absolute atomic E-state index is 0. The quantitative estimate of drug-likeness (QED) is 0.0691. The number of benzene rings is 7. The van der Waals surface area contributed by atoms with Crippen LogP contribution >= 0.6 is 34.0 Å². The average Bonchev–Trinajstić information content (AvgIpc) is 1.64. The van der Waals surface area contributed by atoms with Crippen LogP contribution in [0.3, 0.4) is 0 Å². The van der Waals surface area contributed by atoms with Gasteiger partial charge in [-0.1, -0.05) is 163 Å². The summed E-state index contributed by atoms with van der Waals surface area (Å²) in [4.78, 5) is 48.6. The maximum absolute atomic E-state index is 13.1. The fourth-order valence-corrected chi connectivity index (χ4v) is 14.0. The number of nitrogens with zero attached hydrogens (tertiary/aromatic N) is 3. The number of aryl methyl sites for hydroxylation is 7. The van der Waals surface area contributed by atoms with E-state index in [9.17, 15) is 18.8 Å². The van der Waals surface area contributed by atoms with Gasteiger partial charge in [-0.05, 0) is 130 Å². The second kappa shape index (κ2) is 39.5. The summed E-state index contributed by atoms with van der Waals surface area (Å²) in [6.07, 6.45) is 3.50. The fraction of sp³-hybridized carbons (Fsp3) is 0.153. The Morgan fingerprint density at radius 2 is 0.743 bits per heavy atom. The number of fused-ring (bicyclic) bond motifs is 3. The first kappa shape index (κ1) is 83.0. The molecule has 101 heavy (non-hydrogen) atoms. The number of aromatic nitrogens is 3. The second-order valence-electron chi connectivity index (χ2n) is 23.7. The monoisotopic (exact) mass is 1930 g/mol. The molecule has 0 amide bonds. The summed E-state index contributed by atoms with van der Waals surface area (Å²) in [5.74, 6) is -0.405. The van der Waals surface area contributed by atoms with E-state index >= 15 is 0 Å². The second-order valence-corrected chi connectivity index (χ2v) is 26.9. The van der Waals surface area contributed by atoms with E-state index in [-0.39, 0.29) is 101 Å². The van der Waals surface area contributed by atoms with Gasteiger partial charge in [0.05, 0.1) is 47.9 Å². The molecule has 0 aliphatic rings. The summed E-state index contributed by atoms with van der Waals surface area (Å²) in [7, 11) is 0. The van der Waals surface area contributed by atoms with Crippen molar-refractivity contribution in [1.29, 1.82) is 0 Å². The number of hydrogen-bond acceptors (Lipinski definition) is 12. The first-order valence-electron chi connectivity index (χ1n) is 31.6. The summed E-state index contributed by atoms with van der Waals surface area (Å²) in [6.45, 7) is 23.3. The van der Waals surface area contributed by atoms with E-state index in [1.165, 1.54) is 136 Å². The summed E-state index contributed by atoms with van der Waals surface area (Å²) in [6, 6.07) is 76.2. The van der Waals surface area contributed by atoms with Crippen molar-refractivity contribution in [3.8, 4) is 76.2 Å². The van der Waals surface area contributed by atoms with Crippen LogP contribution in [0.4, 0.5) is 4.39 Å². The third-order valence-electron chi connectivity index (χ3n) is 14.4. The molecule has 0 saturated heterocycles. The van der Waals surface area contributed by atoms with Gasteiger partial charge in [0.25, 0.3) is 0 Å². The molecule has 0 aliphatic heterocycles. The van der Waals surface area contributed by atoms with Gasteiger partial charge in [-0.15, -0.1) is 139 Å². The number of allylic oxidation sites excluding steroid dienone is 6. The Kier molecular flexibility index (Phi) is 32.5. The maximum Gasteiger partial charge on any atom is 0.155 e. The standard InChI is InChI=1S/C27H20NS.C22H18NS.C21H15FNS.3C5H8O2.3Ir/c1-18-15-19(2)17-22(16-18)23-13-14-24-26(28-23)25(20-9-5-3-6-10-20)27(29-24)21-11-7-4-8-12-21;1-14-11-15(2)13-18(12-14)19-9-10-20-21(23-19)16(3)22(24-20)17-7-5-4-6-8-17;1-13-9-14(2)11-16(10-13)18-7-8-20-19(23-18)12-21(24-20)15-3-5-17(22)6-4-15;3*1-4(6)3-5(2)7;;;/h3-16H,1-2H3;4-12H,1-3H3;3-10,12H,1-2H3;3*3,6H,1-2H3;;;/q3*-1;;;;;;. The molecule has 0 spiro atoms. The molecular formula is C85H77FIr3N3O6S3-3. The maximum atomic E-state index is 13.1. The van der Waals surface area contributed by atoms with Crippen LogP contribution in [0.25, 0.3) is 107 Å². The largest absolute Gasteiger partial charge is 0.512 e. The summed E-state index contributed by atoms with van der Waals surface area (Å²) in [5, 5.41) is 25.1. The molecule has 0 unspecified atom stereocenters. The first-order valence-corrected chi connectivity index (χ1v) is 34.0. The molecule has 6 heterocycles. The number of aliphatic hydroxyl groups is 3. The van der Waals surface area contributed by atoms with Crippen molar-refractivity contribution in [1.82, 2.24) is 15.0 Å². The number of hydrogen-bond donors (Lipinski definition) is 3. The van der Waals surface area contributed by atoms with Crippen LogP contribution in [0, 0.1) is 72.5 Å². The molecule has 0 fully saturated rings. The Bertz CT molecular complexity index is 4930. The summed E-state index contributed by atoms with van der Waals surface area (Å²) < 4.78 is 16.7. The van der Waals surface area contributed by atoms with Crippen molar-refractivity contribution < 1.29 is 94.4 Å². The molecule has 9 nitrogen and oxygen atoms in total. The molecule has 13 aromatic rings. The van der Waals surface area contributed by atoms with Gasteiger partial charge in [0.15, 0.2) is 17.3 Å². The van der Waals surface area contributed by atoms with Gasteiger partial charge in [-0.2, -0.15) is 0 Å². The Hall–Kier alpha value is -8.62. The van der Waals surface area contributed by atoms with Crippen LogP contribution in [0.5, 0.6) is 0 Å². The van der Waals surface area contributed by atoms with Gasteiger partial charge >= 0.3 is 0 Å². The van der Waals surface area contributed by atoms with Crippen molar-refractivity contribution >= 4 is 82.0 Å². The Morgan fingerprint density at radius 1 is 0.386 bits per heavy atom. The molecule has 0 aliphatic carbocycles. The van der Waals surface area contributed by atoms with E-state index in [1.54, 1.807) is 23.5 Å². The molecule has 6 aromatic heterocycles. The van der Waals surface area contributed by atoms with Crippen LogP contribution < -0.4 is 0 Å². The van der Waals surface area contributed by atoms with Crippen LogP contribution in [0.1, 0.15) is 80.5 Å². The van der Waals surface area contributed by atoms with Crippen molar-refractivity contribution in [2.75, 3.05) is 0 Å². The number of halogens is 1. The zero-order valence-electron chi connectivity index (χ0n) is 58.2. The molecule has 3 radical (unpaired) electrons. The van der Waals surface area contributed by atoms with Gasteiger partial charge in [0, 0.05) is 98.7 Å². The van der Waals surface area contributed by atoms with Crippen LogP contribution in [-0.2, 0) is 74.7 Å². The van der Waals surface area contributed by atoms with E-state index in [0.29, 0.717) is 0 Å². The van der Waals surface area contributed by atoms with Gasteiger partial charge < -0.3 is 15.3 Å². The number of thiophene rings is 3. The van der Waals surface area contributed by atoms with Crippen molar-refractivity contribution in [3.63, 3.8) is 0 Å². The van der Waals surface area contributed by atoms with E-state index in [1.807, 2.05) is 35.7 Å². The topological polar surface area (TPSA) is 151 Å². The van der Waals surface area contributed by atoms with E-state index < -0.39 is 0 Å². The third kappa shape index (κ3) is 24.6. The van der Waals surface area contributed by atoms with Crippen LogP contribution in [0.2, 0.25) is 0 Å². The molecule has 3 N–H and O–H groups in total. The third-order valence-corrected chi connectivity index (χ3v) is 18.1. The summed E-state index contributed by atoms with van der Waals surface area (Å²) >= 11 is 5.30. The zero-order valence-corrected chi connectivity index (χ0v) is 67.9. The van der Waals surface area contributed by atoms with Crippen molar-refractivity contribution in [2.24, 2.45) is 0 Å². The van der Waals surface area contributed by atoms with Gasteiger partial charge in [0.2, 0.25) is 0 Å². The van der Waals surface area contributed by atoms with Crippen LogP contribution in [-0.4, -0.2) is 47.6 Å². The van der Waals surface area contributed by atoms with E-state index in [4.69, 9.17) is 30.3 Å². The zero-order chi connectivity index (χ0) is 70.7. The SMILES string of the molecule is CC(=O)C=C(C)O.CC(=O)C=C(C)O.CC(=O)C=C(C)O.Cc1[c-]c(-c2ccc3sc(-c4ccc(F)cc4)cc3n2)cc(C)c1.Cc1[c-]c(-c2ccc3sc(-c4ccccc4)c(-c4ccccc4)c3n2)cc(C)c1.Cc1[c-]c(-c2ccc3sc(-c4ccccc4)c(C)c3n2)cc(C)c1.[Ir].[Ir].[Ir]. The number of aliphatic hydroxyl groups excluding tert-OH is 3. The number of pyridine rings is 3. The normalized spacial score (nSPS) is 10.9. The first-order chi connectivity index (χ1) is 46.8.